The zero-order valence-corrected chi connectivity index (χ0v) is 11.6. The van der Waals surface area contributed by atoms with Crippen LogP contribution in [-0.4, -0.2) is 4.98 Å². The molecule has 0 atom stereocenters. The minimum Gasteiger partial charge on any atom is -0.248 e. The van der Waals surface area contributed by atoms with Crippen LogP contribution in [0.1, 0.15) is 5.56 Å². The van der Waals surface area contributed by atoms with Gasteiger partial charge in [0.15, 0.2) is 16.1 Å². The predicted molar refractivity (Wildman–Crippen MR) is 79.7 cm³/mol. The van der Waals surface area contributed by atoms with E-state index in [1.165, 1.54) is 30.4 Å². The molecule has 1 aromatic carbocycles. The van der Waals surface area contributed by atoms with Crippen molar-refractivity contribution in [3.63, 3.8) is 0 Å². The van der Waals surface area contributed by atoms with E-state index >= 15 is 0 Å². The third-order valence-corrected chi connectivity index (χ3v) is 6.11. The number of thiazole rings is 1. The second-order valence-electron chi connectivity index (χ2n) is 4.74. The number of thiophene rings is 1. The lowest BCUT2D eigenvalue weighted by Gasteiger charge is -1.89. The van der Waals surface area contributed by atoms with Crippen molar-refractivity contribution in [2.75, 3.05) is 0 Å². The summed E-state index contributed by atoms with van der Waals surface area (Å²) in [6.45, 7) is 0.980. The largest absolute Gasteiger partial charge is 0.271 e. The minimum atomic E-state index is 0.980. The fourth-order valence-electron chi connectivity index (χ4n) is 2.84. The highest BCUT2D eigenvalue weighted by atomic mass is 32.2. The van der Waals surface area contributed by atoms with Gasteiger partial charge in [-0.15, -0.1) is 11.3 Å². The van der Waals surface area contributed by atoms with Crippen LogP contribution >= 0.6 is 22.7 Å². The summed E-state index contributed by atoms with van der Waals surface area (Å²) in [5, 5.41) is 1.38. The Labute approximate surface area is 117 Å². The first-order valence-corrected chi connectivity index (χ1v) is 7.83. The van der Waals surface area contributed by atoms with Crippen LogP contribution in [0.25, 0.3) is 30.3 Å². The maximum atomic E-state index is 4.58. The van der Waals surface area contributed by atoms with Gasteiger partial charge in [0.05, 0.1) is 10.3 Å². The van der Waals surface area contributed by atoms with Gasteiger partial charge in [0.25, 0.3) is 10.5 Å². The summed E-state index contributed by atoms with van der Waals surface area (Å²) in [6, 6.07) is 12.9. The Bertz CT molecular complexity index is 949. The molecule has 0 aliphatic carbocycles. The van der Waals surface area contributed by atoms with Gasteiger partial charge in [-0.05, 0) is 18.2 Å². The SMILES string of the molecule is c1ccc2c(c1)C[n+]1c-2sc2sc3cccnc3c21. The summed E-state index contributed by atoms with van der Waals surface area (Å²) in [6.07, 6.45) is 1.89. The van der Waals surface area contributed by atoms with Gasteiger partial charge in [0, 0.05) is 11.8 Å². The molecular formula is C15H9N2S2+. The second kappa shape index (κ2) is 3.40. The summed E-state index contributed by atoms with van der Waals surface area (Å²) in [4.78, 5) is 4.58. The van der Waals surface area contributed by atoms with Gasteiger partial charge in [0.2, 0.25) is 0 Å². The smallest absolute Gasteiger partial charge is 0.248 e. The highest BCUT2D eigenvalue weighted by molar-refractivity contribution is 7.42. The number of hydrogen-bond donors (Lipinski definition) is 0. The Balaban J connectivity index is 1.94. The Morgan fingerprint density at radius 2 is 2.00 bits per heavy atom. The minimum absolute atomic E-state index is 0.980. The molecule has 0 fully saturated rings. The van der Waals surface area contributed by atoms with E-state index in [4.69, 9.17) is 0 Å². The Morgan fingerprint density at radius 1 is 1.05 bits per heavy atom. The number of nitrogens with zero attached hydrogens (tertiary/aromatic N) is 2. The molecule has 19 heavy (non-hydrogen) atoms. The Hall–Kier alpha value is -1.78. The standard InChI is InChI=1S/C15H9N2S2/c1-2-5-10-9(4-1)8-17-13-12-11(6-3-7-16-12)18-15(13)19-14(10)17/h1-7H,8H2/q+1. The molecule has 4 aromatic rings. The Morgan fingerprint density at radius 3 is 3.00 bits per heavy atom. The van der Waals surface area contributed by atoms with Crippen LogP contribution in [0.3, 0.4) is 0 Å². The van der Waals surface area contributed by atoms with Crippen molar-refractivity contribution in [3.05, 3.63) is 48.2 Å². The molecule has 4 heteroatoms. The predicted octanol–water partition coefficient (Wildman–Crippen LogP) is 3.83. The highest BCUT2D eigenvalue weighted by Gasteiger charge is 2.33. The van der Waals surface area contributed by atoms with Crippen molar-refractivity contribution in [3.8, 4) is 10.6 Å². The summed E-state index contributed by atoms with van der Waals surface area (Å²) < 4.78 is 5.10. The summed E-state index contributed by atoms with van der Waals surface area (Å²) >= 11 is 3.75. The fourth-order valence-corrected chi connectivity index (χ4v) is 5.46. The lowest BCUT2D eigenvalue weighted by Crippen LogP contribution is -2.30. The topological polar surface area (TPSA) is 16.8 Å². The van der Waals surface area contributed by atoms with E-state index in [2.05, 4.69) is 39.9 Å². The number of benzene rings is 1. The summed E-state index contributed by atoms with van der Waals surface area (Å²) in [5.74, 6) is 0. The van der Waals surface area contributed by atoms with E-state index in [0.717, 1.165) is 12.1 Å². The van der Waals surface area contributed by atoms with Crippen molar-refractivity contribution in [1.82, 2.24) is 4.98 Å². The average molecular weight is 281 g/mol. The number of rotatable bonds is 0. The zero-order chi connectivity index (χ0) is 12.4. The van der Waals surface area contributed by atoms with Gasteiger partial charge in [-0.2, -0.15) is 4.57 Å². The molecule has 4 heterocycles. The van der Waals surface area contributed by atoms with Crippen LogP contribution in [0, 0.1) is 0 Å². The van der Waals surface area contributed by atoms with Gasteiger partial charge in [0.1, 0.15) is 0 Å². The van der Waals surface area contributed by atoms with E-state index in [-0.39, 0.29) is 0 Å². The van der Waals surface area contributed by atoms with E-state index in [1.807, 2.05) is 34.9 Å². The molecule has 0 spiro atoms. The molecule has 0 bridgehead atoms. The first kappa shape index (κ1) is 10.1. The molecule has 0 saturated carbocycles. The molecule has 1 aliphatic rings. The second-order valence-corrected chi connectivity index (χ2v) is 7.05. The molecule has 1 aliphatic heterocycles. The van der Waals surface area contributed by atoms with E-state index < -0.39 is 0 Å². The monoisotopic (exact) mass is 281 g/mol. The first-order chi connectivity index (χ1) is 9.42. The average Bonchev–Trinajstić information content (AvgIpc) is 3.05. The van der Waals surface area contributed by atoms with E-state index in [1.54, 1.807) is 0 Å². The van der Waals surface area contributed by atoms with Crippen molar-refractivity contribution in [2.45, 2.75) is 6.54 Å². The third kappa shape index (κ3) is 1.20. The molecule has 0 amide bonds. The molecule has 0 N–H and O–H groups in total. The van der Waals surface area contributed by atoms with Crippen LogP contribution in [0.2, 0.25) is 0 Å². The van der Waals surface area contributed by atoms with Gasteiger partial charge in [-0.3, -0.25) is 0 Å². The van der Waals surface area contributed by atoms with Crippen LogP contribution < -0.4 is 4.57 Å². The van der Waals surface area contributed by atoms with Crippen LogP contribution in [0.5, 0.6) is 0 Å². The van der Waals surface area contributed by atoms with E-state index in [0.29, 0.717) is 0 Å². The molecular weight excluding hydrogens is 272 g/mol. The van der Waals surface area contributed by atoms with Gasteiger partial charge in [-0.1, -0.05) is 29.5 Å². The third-order valence-electron chi connectivity index (χ3n) is 3.67. The quantitative estimate of drug-likeness (QED) is 0.394. The Kier molecular flexibility index (Phi) is 1.80. The molecule has 5 rings (SSSR count). The van der Waals surface area contributed by atoms with Crippen molar-refractivity contribution >= 4 is 42.4 Å². The lowest BCUT2D eigenvalue weighted by molar-refractivity contribution is -0.641. The number of hydrogen-bond acceptors (Lipinski definition) is 3. The highest BCUT2D eigenvalue weighted by Crippen LogP contribution is 2.41. The van der Waals surface area contributed by atoms with Gasteiger partial charge >= 0.3 is 0 Å². The molecule has 3 aromatic heterocycles. The van der Waals surface area contributed by atoms with Crippen LogP contribution in [0.15, 0.2) is 42.6 Å². The molecule has 2 nitrogen and oxygen atoms in total. The maximum absolute atomic E-state index is 4.58. The zero-order valence-electron chi connectivity index (χ0n) is 9.96. The van der Waals surface area contributed by atoms with E-state index in [9.17, 15) is 0 Å². The molecule has 90 valence electrons. The number of fused-ring (bicyclic) bond motifs is 7. The summed E-state index contributed by atoms with van der Waals surface area (Å²) in [7, 11) is 0. The number of pyridine rings is 1. The normalized spacial score (nSPS) is 13.1. The van der Waals surface area contributed by atoms with Gasteiger partial charge in [-0.25, -0.2) is 4.98 Å². The van der Waals surface area contributed by atoms with Crippen LogP contribution in [0.4, 0.5) is 0 Å². The number of aromatic nitrogens is 2. The maximum Gasteiger partial charge on any atom is 0.271 e. The molecule has 0 radical (unpaired) electrons. The molecule has 0 unspecified atom stereocenters. The molecule has 0 saturated heterocycles. The van der Waals surface area contributed by atoms with Crippen molar-refractivity contribution in [1.29, 1.82) is 0 Å². The van der Waals surface area contributed by atoms with Crippen LogP contribution in [-0.2, 0) is 6.54 Å². The first-order valence-electron chi connectivity index (χ1n) is 6.20. The van der Waals surface area contributed by atoms with Crippen molar-refractivity contribution < 1.29 is 4.57 Å². The van der Waals surface area contributed by atoms with Crippen molar-refractivity contribution in [2.24, 2.45) is 0 Å². The van der Waals surface area contributed by atoms with Gasteiger partial charge < -0.3 is 0 Å². The summed E-state index contributed by atoms with van der Waals surface area (Å²) in [5.41, 5.74) is 5.28. The fraction of sp³-hybridized carbons (Fsp3) is 0.0667. The lowest BCUT2D eigenvalue weighted by atomic mass is 10.1.